The highest BCUT2D eigenvalue weighted by atomic mass is 16.5. The van der Waals surface area contributed by atoms with Crippen LogP contribution < -0.4 is 21.3 Å². The van der Waals surface area contributed by atoms with Crippen LogP contribution in [0, 0.1) is 5.92 Å². The molecule has 2 saturated heterocycles. The number of hydrogen-bond acceptors (Lipinski definition) is 8. The summed E-state index contributed by atoms with van der Waals surface area (Å²) in [6.07, 6.45) is 8.46. The van der Waals surface area contributed by atoms with Crippen molar-refractivity contribution in [3.8, 4) is 0 Å². The van der Waals surface area contributed by atoms with Gasteiger partial charge in [0.05, 0.1) is 30.6 Å². The summed E-state index contributed by atoms with van der Waals surface area (Å²) in [5.74, 6) is 2.05. The molecular weight excluding hydrogens is 432 g/mol. The number of nitrogens with two attached hydrogens (primary N) is 1. The maximum atomic E-state index is 12.2. The number of hydrogen-bond donors (Lipinski definition) is 3. The second-order valence-corrected chi connectivity index (χ2v) is 9.02. The molecule has 6 rings (SSSR count). The van der Waals surface area contributed by atoms with Gasteiger partial charge >= 0.3 is 0 Å². The van der Waals surface area contributed by atoms with Crippen molar-refractivity contribution in [2.24, 2.45) is 16.6 Å². The number of aromatic nitrogens is 3. The minimum Gasteiger partial charge on any atom is -0.383 e. The van der Waals surface area contributed by atoms with E-state index in [1.165, 1.54) is 0 Å². The Labute approximate surface area is 196 Å². The standard InChI is InChI=1S/C24H26N8O2/c1-26-23-19-10-28-21(31-24(33)13-2-3-13)7-17(19)18(9-29-23)22(25)30-20-5-4-14(8-27-20)32-11-16-6-15(32)12-34-16/h4-5,7-10,13,15-16H,2-3,6,11-12H2,1H3,(H,26,29)(H2,25,27,30)(H,28,31,33)/t15-,16-/m0/s1. The first-order valence-electron chi connectivity index (χ1n) is 11.6. The minimum atomic E-state index is 0.0000104. The number of carbonyl (C=O) groups is 1. The molecule has 3 aliphatic rings. The van der Waals surface area contributed by atoms with Crippen molar-refractivity contribution in [3.63, 3.8) is 0 Å². The van der Waals surface area contributed by atoms with Crippen LogP contribution in [0.25, 0.3) is 10.8 Å². The van der Waals surface area contributed by atoms with Gasteiger partial charge in [-0.25, -0.2) is 19.9 Å². The van der Waals surface area contributed by atoms with E-state index in [0.29, 0.717) is 41.0 Å². The Bertz CT molecular complexity index is 1290. The quantitative estimate of drug-likeness (QED) is 0.379. The van der Waals surface area contributed by atoms with Crippen molar-refractivity contribution in [1.82, 2.24) is 15.0 Å². The molecule has 4 N–H and O–H groups in total. The Morgan fingerprint density at radius 1 is 1.18 bits per heavy atom. The Balaban J connectivity index is 1.30. The smallest absolute Gasteiger partial charge is 0.228 e. The van der Waals surface area contributed by atoms with Crippen LogP contribution in [0.1, 0.15) is 24.8 Å². The zero-order valence-electron chi connectivity index (χ0n) is 18.9. The number of morpholine rings is 1. The summed E-state index contributed by atoms with van der Waals surface area (Å²) in [4.78, 5) is 32.5. The Hall–Kier alpha value is -3.79. The van der Waals surface area contributed by atoms with Gasteiger partial charge in [0.2, 0.25) is 5.91 Å². The van der Waals surface area contributed by atoms with Gasteiger partial charge in [0.25, 0.3) is 0 Å². The number of amides is 1. The molecule has 1 saturated carbocycles. The molecule has 5 heterocycles. The fraction of sp³-hybridized carbons (Fsp3) is 0.375. The first kappa shape index (κ1) is 20.8. The first-order valence-corrected chi connectivity index (χ1v) is 11.6. The molecule has 10 nitrogen and oxygen atoms in total. The third-order valence-corrected chi connectivity index (χ3v) is 6.68. The van der Waals surface area contributed by atoms with E-state index in [4.69, 9.17) is 10.5 Å². The summed E-state index contributed by atoms with van der Waals surface area (Å²) < 4.78 is 5.69. The molecular formula is C24H26N8O2. The largest absolute Gasteiger partial charge is 0.383 e. The lowest BCUT2D eigenvalue weighted by Crippen LogP contribution is -2.36. The minimum absolute atomic E-state index is 0.0000104. The Morgan fingerprint density at radius 2 is 2.06 bits per heavy atom. The number of carbonyl (C=O) groups excluding carboxylic acids is 1. The van der Waals surface area contributed by atoms with E-state index in [0.717, 1.165) is 48.9 Å². The second kappa shape index (κ2) is 8.21. The first-order chi connectivity index (χ1) is 16.6. The van der Waals surface area contributed by atoms with E-state index in [1.54, 1.807) is 19.4 Å². The summed E-state index contributed by atoms with van der Waals surface area (Å²) >= 11 is 0. The van der Waals surface area contributed by atoms with Crippen LogP contribution >= 0.6 is 0 Å². The highest BCUT2D eigenvalue weighted by Crippen LogP contribution is 2.33. The van der Waals surface area contributed by atoms with Crippen molar-refractivity contribution < 1.29 is 9.53 Å². The van der Waals surface area contributed by atoms with Crippen molar-refractivity contribution in [3.05, 3.63) is 42.4 Å². The summed E-state index contributed by atoms with van der Waals surface area (Å²) in [6, 6.07) is 6.14. The van der Waals surface area contributed by atoms with E-state index in [9.17, 15) is 4.79 Å². The predicted molar refractivity (Wildman–Crippen MR) is 131 cm³/mol. The van der Waals surface area contributed by atoms with Crippen LogP contribution in [0.4, 0.5) is 23.1 Å². The number of aliphatic imine (C=N–C) groups is 1. The average Bonchev–Trinajstić information content (AvgIpc) is 3.50. The molecule has 10 heteroatoms. The fourth-order valence-corrected chi connectivity index (χ4v) is 4.69. The van der Waals surface area contributed by atoms with Crippen LogP contribution in [0.3, 0.4) is 0 Å². The lowest BCUT2D eigenvalue weighted by atomic mass is 10.1. The normalized spacial score (nSPS) is 21.8. The summed E-state index contributed by atoms with van der Waals surface area (Å²) in [5, 5.41) is 7.56. The van der Waals surface area contributed by atoms with Crippen LogP contribution in [-0.2, 0) is 9.53 Å². The fourth-order valence-electron chi connectivity index (χ4n) is 4.69. The van der Waals surface area contributed by atoms with Gasteiger partial charge in [0.1, 0.15) is 17.5 Å². The number of rotatable bonds is 6. The van der Waals surface area contributed by atoms with Gasteiger partial charge in [-0.2, -0.15) is 0 Å². The van der Waals surface area contributed by atoms with Gasteiger partial charge in [0.15, 0.2) is 5.82 Å². The number of anilines is 3. The maximum absolute atomic E-state index is 12.2. The van der Waals surface area contributed by atoms with Crippen molar-refractivity contribution in [2.75, 3.05) is 35.7 Å². The second-order valence-electron chi connectivity index (χ2n) is 9.02. The summed E-state index contributed by atoms with van der Waals surface area (Å²) in [6.45, 7) is 1.68. The molecule has 0 spiro atoms. The van der Waals surface area contributed by atoms with Gasteiger partial charge in [-0.1, -0.05) is 0 Å². The molecule has 0 radical (unpaired) electrons. The Morgan fingerprint density at radius 3 is 2.74 bits per heavy atom. The van der Waals surface area contributed by atoms with Crippen LogP contribution in [0.2, 0.25) is 0 Å². The van der Waals surface area contributed by atoms with Crippen molar-refractivity contribution >= 4 is 45.7 Å². The zero-order valence-corrected chi connectivity index (χ0v) is 18.9. The number of amidine groups is 1. The third kappa shape index (κ3) is 3.79. The van der Waals surface area contributed by atoms with E-state index in [-0.39, 0.29) is 11.8 Å². The Kier molecular flexibility index (Phi) is 5.02. The monoisotopic (exact) mass is 458 g/mol. The van der Waals surface area contributed by atoms with Crippen LogP contribution in [0.15, 0.2) is 41.8 Å². The molecule has 2 aliphatic heterocycles. The van der Waals surface area contributed by atoms with Gasteiger partial charge in [-0.05, 0) is 37.5 Å². The molecule has 3 aromatic rings. The summed E-state index contributed by atoms with van der Waals surface area (Å²) in [5.41, 5.74) is 8.14. The third-order valence-electron chi connectivity index (χ3n) is 6.68. The molecule has 2 bridgehead atoms. The maximum Gasteiger partial charge on any atom is 0.228 e. The number of ether oxygens (including phenoxy) is 1. The van der Waals surface area contributed by atoms with E-state index >= 15 is 0 Å². The lowest BCUT2D eigenvalue weighted by molar-refractivity contribution is -0.117. The molecule has 3 aromatic heterocycles. The van der Waals surface area contributed by atoms with Gasteiger partial charge in [-0.3, -0.25) is 4.79 Å². The van der Waals surface area contributed by atoms with E-state index in [1.807, 2.05) is 24.4 Å². The molecule has 2 atom stereocenters. The van der Waals surface area contributed by atoms with Gasteiger partial charge < -0.3 is 26.0 Å². The summed E-state index contributed by atoms with van der Waals surface area (Å²) in [7, 11) is 1.80. The van der Waals surface area contributed by atoms with Gasteiger partial charge in [-0.15, -0.1) is 0 Å². The molecule has 1 amide bonds. The van der Waals surface area contributed by atoms with Gasteiger partial charge in [0, 0.05) is 48.2 Å². The molecule has 34 heavy (non-hydrogen) atoms. The number of fused-ring (bicyclic) bond motifs is 3. The van der Waals surface area contributed by atoms with E-state index in [2.05, 4.69) is 35.5 Å². The van der Waals surface area contributed by atoms with Crippen LogP contribution in [0.5, 0.6) is 0 Å². The molecule has 3 fully saturated rings. The molecule has 0 aromatic carbocycles. The van der Waals surface area contributed by atoms with Crippen molar-refractivity contribution in [1.29, 1.82) is 0 Å². The molecule has 0 unspecified atom stereocenters. The highest BCUT2D eigenvalue weighted by Gasteiger charge is 2.39. The zero-order chi connectivity index (χ0) is 23.2. The molecule has 174 valence electrons. The lowest BCUT2D eigenvalue weighted by Gasteiger charge is -2.28. The number of nitrogens with one attached hydrogen (secondary N) is 2. The average molecular weight is 459 g/mol. The topological polar surface area (TPSA) is 131 Å². The van der Waals surface area contributed by atoms with Crippen molar-refractivity contribution in [2.45, 2.75) is 31.4 Å². The number of nitrogens with zero attached hydrogens (tertiary/aromatic N) is 5. The van der Waals surface area contributed by atoms with Crippen LogP contribution in [-0.4, -0.2) is 59.0 Å². The number of pyridine rings is 3. The highest BCUT2D eigenvalue weighted by molar-refractivity contribution is 6.12. The molecule has 1 aliphatic carbocycles. The van der Waals surface area contributed by atoms with E-state index < -0.39 is 0 Å². The SMILES string of the molecule is CNc1ncc(C(N)=Nc2ccc(N3C[C@@H]4C[C@H]3CO4)cn2)c2cc(NC(=O)C3CC3)ncc12. The predicted octanol–water partition coefficient (Wildman–Crippen LogP) is 2.43.